The lowest BCUT2D eigenvalue weighted by Gasteiger charge is -2.17. The van der Waals surface area contributed by atoms with Gasteiger partial charge in [-0.25, -0.2) is 24.5 Å². The van der Waals surface area contributed by atoms with Gasteiger partial charge in [0, 0.05) is 6.54 Å². The molecule has 4 aromatic rings. The summed E-state index contributed by atoms with van der Waals surface area (Å²) in [5.74, 6) is 0.414. The van der Waals surface area contributed by atoms with Gasteiger partial charge in [0.15, 0.2) is 16.8 Å². The first-order valence-corrected chi connectivity index (χ1v) is 13.0. The minimum absolute atomic E-state index is 0.0412. The average molecular weight is 549 g/mol. The van der Waals surface area contributed by atoms with Crippen molar-refractivity contribution in [1.29, 1.82) is 0 Å². The van der Waals surface area contributed by atoms with Crippen LogP contribution in [-0.2, 0) is 41.0 Å². The van der Waals surface area contributed by atoms with Gasteiger partial charge in [-0.2, -0.15) is 4.98 Å². The number of ether oxygens (including phenoxy) is 2. The fraction of sp³-hybridized carbons (Fsp3) is 0.450. The quantitative estimate of drug-likeness (QED) is 0.124. The van der Waals surface area contributed by atoms with Gasteiger partial charge in [0.05, 0.1) is 31.8 Å². The van der Waals surface area contributed by atoms with Gasteiger partial charge in [-0.15, -0.1) is 0 Å². The highest BCUT2D eigenvalue weighted by Gasteiger charge is 2.31. The molecule has 1 aliphatic rings. The zero-order valence-electron chi connectivity index (χ0n) is 19.9. The van der Waals surface area contributed by atoms with Crippen LogP contribution in [0.15, 0.2) is 23.6 Å². The molecule has 0 amide bonds. The summed E-state index contributed by atoms with van der Waals surface area (Å²) in [7, 11) is -4.36. The van der Waals surface area contributed by atoms with Crippen molar-refractivity contribution in [3.63, 3.8) is 0 Å². The van der Waals surface area contributed by atoms with Crippen LogP contribution in [0.5, 0.6) is 0 Å². The van der Waals surface area contributed by atoms with E-state index < -0.39 is 25.7 Å². The molecule has 1 aliphatic heterocycles. The summed E-state index contributed by atoms with van der Waals surface area (Å²) in [6, 6.07) is 0. The molecular formula is C20H24N9O8P. The third kappa shape index (κ3) is 5.56. The summed E-state index contributed by atoms with van der Waals surface area (Å²) in [4.78, 5) is 55.7. The number of imidazole rings is 2. The number of nitrogens with one attached hydrogen (secondary N) is 1. The number of phosphoric acid groups is 1. The van der Waals surface area contributed by atoms with Crippen molar-refractivity contribution in [3.8, 4) is 0 Å². The zero-order chi connectivity index (χ0) is 26.7. The smallest absolute Gasteiger partial charge is 0.460 e. The van der Waals surface area contributed by atoms with Crippen molar-refractivity contribution in [1.82, 2.24) is 39.0 Å². The lowest BCUT2D eigenvalue weighted by atomic mass is 10.2. The number of rotatable bonds is 12. The van der Waals surface area contributed by atoms with E-state index in [4.69, 9.17) is 24.3 Å². The lowest BCUT2D eigenvalue weighted by molar-refractivity contribution is -0.130. The predicted molar refractivity (Wildman–Crippen MR) is 128 cm³/mol. The molecule has 3 atom stereocenters. The van der Waals surface area contributed by atoms with Crippen molar-refractivity contribution in [2.75, 3.05) is 18.9 Å². The first-order chi connectivity index (χ1) is 18.3. The number of anilines is 1. The summed E-state index contributed by atoms with van der Waals surface area (Å²) in [6.45, 7) is 0.324. The van der Waals surface area contributed by atoms with Gasteiger partial charge in [0.1, 0.15) is 30.5 Å². The van der Waals surface area contributed by atoms with Gasteiger partial charge in [0.25, 0.3) is 12.0 Å². The third-order valence-corrected chi connectivity index (χ3v) is 6.80. The molecule has 4 N–H and O–H groups in total. The van der Waals surface area contributed by atoms with Crippen molar-refractivity contribution in [3.05, 3.63) is 35.0 Å². The van der Waals surface area contributed by atoms with Crippen molar-refractivity contribution in [2.24, 2.45) is 0 Å². The third-order valence-electron chi connectivity index (χ3n) is 5.82. The van der Waals surface area contributed by atoms with Crippen LogP contribution < -0.4 is 11.3 Å². The number of hydrogen-bond donors (Lipinski definition) is 3. The van der Waals surface area contributed by atoms with Crippen molar-refractivity contribution < 1.29 is 32.8 Å². The number of carbonyl (C=O) groups excluding carboxylic acids is 1. The number of nitrogens with zero attached hydrogens (tertiary/aromatic N) is 7. The number of aryl methyl sites for hydroxylation is 1. The molecule has 0 aromatic carbocycles. The molecule has 0 saturated carbocycles. The van der Waals surface area contributed by atoms with E-state index in [0.29, 0.717) is 49.3 Å². The summed E-state index contributed by atoms with van der Waals surface area (Å²) in [5.41, 5.74) is 6.66. The maximum absolute atomic E-state index is 12.4. The standard InChI is InChI=1S/C20H24N9O8P/c21-20-26-18-16(19(31)27-20)24-10-29(18)15-3-2-12(37-15)7-36-38(32,33)35-5-1-4-28-14(8-34-11-30)25-13-6-22-9-23-17(13)28/h6,9-12,15H,1-5,7-8H2,(H,32,33)(H3,21,26,27,31)/t12?,15-/m1/s1. The van der Waals surface area contributed by atoms with Crippen LogP contribution >= 0.6 is 7.82 Å². The van der Waals surface area contributed by atoms with Gasteiger partial charge in [-0.1, -0.05) is 0 Å². The monoisotopic (exact) mass is 549 g/mol. The number of fused-ring (bicyclic) bond motifs is 2. The van der Waals surface area contributed by atoms with Gasteiger partial charge in [0.2, 0.25) is 5.95 Å². The molecule has 5 heterocycles. The van der Waals surface area contributed by atoms with Gasteiger partial charge in [-0.05, 0) is 19.3 Å². The van der Waals surface area contributed by atoms with Crippen LogP contribution in [-0.4, -0.2) is 69.7 Å². The Kier molecular flexibility index (Phi) is 7.44. The average Bonchev–Trinajstić information content (AvgIpc) is 3.61. The highest BCUT2D eigenvalue weighted by atomic mass is 31.2. The predicted octanol–water partition coefficient (Wildman–Crippen LogP) is 0.416. The highest BCUT2D eigenvalue weighted by molar-refractivity contribution is 7.47. The molecule has 38 heavy (non-hydrogen) atoms. The van der Waals surface area contributed by atoms with E-state index >= 15 is 0 Å². The molecule has 0 bridgehead atoms. The normalized spacial score (nSPS) is 19.2. The Morgan fingerprint density at radius 3 is 2.97 bits per heavy atom. The first kappa shape index (κ1) is 25.9. The molecule has 0 aliphatic carbocycles. The van der Waals surface area contributed by atoms with Crippen molar-refractivity contribution in [2.45, 2.75) is 44.7 Å². The minimum atomic E-state index is -4.36. The number of nitrogen functional groups attached to an aromatic ring is 1. The fourth-order valence-corrected chi connectivity index (χ4v) is 4.95. The number of aromatic nitrogens is 8. The number of phosphoric ester groups is 1. The molecule has 0 radical (unpaired) electrons. The van der Waals surface area contributed by atoms with E-state index in [0.717, 1.165) is 0 Å². The molecule has 17 nitrogen and oxygen atoms in total. The van der Waals surface area contributed by atoms with Gasteiger partial charge >= 0.3 is 7.82 Å². The molecular weight excluding hydrogens is 525 g/mol. The summed E-state index contributed by atoms with van der Waals surface area (Å²) in [6.07, 6.45) is 4.76. The highest BCUT2D eigenvalue weighted by Crippen LogP contribution is 2.44. The van der Waals surface area contributed by atoms with E-state index in [2.05, 4.69) is 29.9 Å². The number of carbonyl (C=O) groups is 1. The van der Waals surface area contributed by atoms with E-state index in [1.165, 1.54) is 18.9 Å². The molecule has 18 heteroatoms. The topological polar surface area (TPSA) is 224 Å². The second kappa shape index (κ2) is 10.9. The number of nitrogens with two attached hydrogens (primary N) is 1. The Balaban J connectivity index is 1.11. The maximum Gasteiger partial charge on any atom is 0.472 e. The number of hydrogen-bond acceptors (Lipinski definition) is 13. The fourth-order valence-electron chi connectivity index (χ4n) is 4.16. The Morgan fingerprint density at radius 1 is 1.26 bits per heavy atom. The molecule has 1 fully saturated rings. The Labute approximate surface area is 213 Å². The molecule has 1 saturated heterocycles. The van der Waals surface area contributed by atoms with Gasteiger partial charge < -0.3 is 24.7 Å². The minimum Gasteiger partial charge on any atom is -0.460 e. The number of aromatic amines is 1. The maximum atomic E-state index is 12.4. The first-order valence-electron chi connectivity index (χ1n) is 11.5. The van der Waals surface area contributed by atoms with Crippen LogP contribution in [0.25, 0.3) is 22.3 Å². The van der Waals surface area contributed by atoms with Gasteiger partial charge in [-0.3, -0.25) is 28.2 Å². The molecule has 202 valence electrons. The summed E-state index contributed by atoms with van der Waals surface area (Å²) >= 11 is 0. The Bertz CT molecular complexity index is 1550. The van der Waals surface area contributed by atoms with E-state index in [1.807, 2.05) is 0 Å². The second-order valence-electron chi connectivity index (χ2n) is 8.33. The summed E-state index contributed by atoms with van der Waals surface area (Å²) < 4.78 is 36.7. The van der Waals surface area contributed by atoms with Crippen LogP contribution in [0, 0.1) is 0 Å². The Morgan fingerprint density at radius 2 is 2.13 bits per heavy atom. The van der Waals surface area contributed by atoms with Crippen molar-refractivity contribution >= 4 is 42.6 Å². The van der Waals surface area contributed by atoms with Crippen LogP contribution in [0.3, 0.4) is 0 Å². The van der Waals surface area contributed by atoms with Crippen LogP contribution in [0.2, 0.25) is 0 Å². The molecule has 2 unspecified atom stereocenters. The molecule has 5 rings (SSSR count). The SMILES string of the molecule is Nc1nc2c(ncn2[C@H]2CCC(COP(=O)(O)OCCCn3c(COC=O)nc4cncnc43)O2)c(=O)[nH]1. The van der Waals surface area contributed by atoms with E-state index in [-0.39, 0.29) is 36.9 Å². The van der Waals surface area contributed by atoms with Crippen LogP contribution in [0.1, 0.15) is 31.3 Å². The lowest BCUT2D eigenvalue weighted by Crippen LogP contribution is -2.17. The molecule has 0 spiro atoms. The second-order valence-corrected chi connectivity index (χ2v) is 9.79. The van der Waals surface area contributed by atoms with Crippen LogP contribution in [0.4, 0.5) is 5.95 Å². The molecule has 4 aromatic heterocycles. The summed E-state index contributed by atoms with van der Waals surface area (Å²) in [5, 5.41) is 0. The van der Waals surface area contributed by atoms with E-state index in [9.17, 15) is 19.0 Å². The largest absolute Gasteiger partial charge is 0.472 e. The number of H-pyrrole nitrogens is 1. The van der Waals surface area contributed by atoms with E-state index in [1.54, 1.807) is 9.13 Å². The zero-order valence-corrected chi connectivity index (χ0v) is 20.8. The Hall–Kier alpha value is -3.76.